The van der Waals surface area contributed by atoms with Crippen molar-refractivity contribution >= 4 is 11.3 Å². The van der Waals surface area contributed by atoms with Crippen molar-refractivity contribution in [2.75, 3.05) is 0 Å². The van der Waals surface area contributed by atoms with Gasteiger partial charge in [0, 0.05) is 5.56 Å². The highest BCUT2D eigenvalue weighted by molar-refractivity contribution is 7.12. The van der Waals surface area contributed by atoms with Crippen molar-refractivity contribution in [2.45, 2.75) is 45.3 Å². The summed E-state index contributed by atoms with van der Waals surface area (Å²) in [7, 11) is 0. The van der Waals surface area contributed by atoms with Crippen molar-refractivity contribution < 1.29 is 4.74 Å². The molecule has 20 heavy (non-hydrogen) atoms. The van der Waals surface area contributed by atoms with E-state index in [-0.39, 0.29) is 11.1 Å². The zero-order valence-electron chi connectivity index (χ0n) is 12.4. The second-order valence-corrected chi connectivity index (χ2v) is 7.08. The van der Waals surface area contributed by atoms with E-state index >= 15 is 0 Å². The summed E-state index contributed by atoms with van der Waals surface area (Å²) >= 11 is 1.68. The lowest BCUT2D eigenvalue weighted by molar-refractivity contribution is 0.109. The molecule has 3 nitrogen and oxygen atoms in total. The van der Waals surface area contributed by atoms with Crippen LogP contribution in [0, 0.1) is 0 Å². The van der Waals surface area contributed by atoms with Crippen LogP contribution in [0.15, 0.2) is 24.3 Å². The third-order valence-electron chi connectivity index (χ3n) is 3.90. The van der Waals surface area contributed by atoms with Crippen molar-refractivity contribution in [1.82, 2.24) is 4.98 Å². The topological polar surface area (TPSA) is 48.1 Å². The Labute approximate surface area is 123 Å². The van der Waals surface area contributed by atoms with Crippen LogP contribution in [-0.2, 0) is 11.1 Å². The average molecular weight is 288 g/mol. The fourth-order valence-corrected chi connectivity index (χ4v) is 3.63. The minimum Gasteiger partial charge on any atom is -0.482 e. The SMILES string of the molecule is CCC(C)(N)c1nc2c(s1)C(C)(C)Oc1ccccc1-2. The summed E-state index contributed by atoms with van der Waals surface area (Å²) in [5.74, 6) is 0.900. The van der Waals surface area contributed by atoms with E-state index in [0.717, 1.165) is 33.3 Å². The van der Waals surface area contributed by atoms with E-state index in [0.29, 0.717) is 0 Å². The maximum atomic E-state index is 6.37. The summed E-state index contributed by atoms with van der Waals surface area (Å²) in [5.41, 5.74) is 7.72. The van der Waals surface area contributed by atoms with Gasteiger partial charge in [-0.2, -0.15) is 0 Å². The number of fused-ring (bicyclic) bond motifs is 3. The third-order valence-corrected chi connectivity index (χ3v) is 5.54. The predicted molar refractivity (Wildman–Crippen MR) is 83.0 cm³/mol. The molecule has 0 aliphatic carbocycles. The molecule has 2 heterocycles. The zero-order valence-corrected chi connectivity index (χ0v) is 13.2. The van der Waals surface area contributed by atoms with Gasteiger partial charge in [0.1, 0.15) is 16.4 Å². The number of ether oxygens (including phenoxy) is 1. The van der Waals surface area contributed by atoms with E-state index in [1.165, 1.54) is 0 Å². The van der Waals surface area contributed by atoms with Gasteiger partial charge in [0.15, 0.2) is 0 Å². The second-order valence-electron chi connectivity index (χ2n) is 6.08. The second kappa shape index (κ2) is 4.30. The van der Waals surface area contributed by atoms with E-state index in [4.69, 9.17) is 15.5 Å². The molecule has 1 unspecified atom stereocenters. The summed E-state index contributed by atoms with van der Waals surface area (Å²) < 4.78 is 6.13. The molecular formula is C16H20N2OS. The lowest BCUT2D eigenvalue weighted by Gasteiger charge is -2.31. The van der Waals surface area contributed by atoms with E-state index in [9.17, 15) is 0 Å². The van der Waals surface area contributed by atoms with E-state index in [2.05, 4.69) is 26.8 Å². The summed E-state index contributed by atoms with van der Waals surface area (Å²) in [5, 5.41) is 0.985. The first-order valence-corrected chi connectivity index (χ1v) is 7.76. The standard InChI is InChI=1S/C16H20N2OS/c1-5-16(4,17)14-18-12-10-8-6-7-9-11(10)19-15(2,3)13(12)20-14/h6-9H,5,17H2,1-4H3. The molecule has 0 spiro atoms. The molecule has 1 aliphatic heterocycles. The van der Waals surface area contributed by atoms with Crippen molar-refractivity contribution in [3.63, 3.8) is 0 Å². The van der Waals surface area contributed by atoms with Gasteiger partial charge >= 0.3 is 0 Å². The fourth-order valence-electron chi connectivity index (χ4n) is 2.38. The molecule has 0 radical (unpaired) electrons. The maximum absolute atomic E-state index is 6.37. The molecule has 0 amide bonds. The predicted octanol–water partition coefficient (Wildman–Crippen LogP) is 4.02. The van der Waals surface area contributed by atoms with Gasteiger partial charge in [-0.3, -0.25) is 0 Å². The Morgan fingerprint density at radius 2 is 2.05 bits per heavy atom. The van der Waals surface area contributed by atoms with Crippen LogP contribution >= 0.6 is 11.3 Å². The lowest BCUT2D eigenvalue weighted by atomic mass is 9.97. The van der Waals surface area contributed by atoms with Gasteiger partial charge in [0.2, 0.25) is 0 Å². The van der Waals surface area contributed by atoms with Crippen LogP contribution < -0.4 is 10.5 Å². The highest BCUT2D eigenvalue weighted by Gasteiger charge is 2.38. The third kappa shape index (κ3) is 1.95. The first-order chi connectivity index (χ1) is 9.35. The fraction of sp³-hybridized carbons (Fsp3) is 0.438. The number of nitrogens with two attached hydrogens (primary N) is 1. The minimum absolute atomic E-state index is 0.358. The molecule has 0 saturated carbocycles. The van der Waals surface area contributed by atoms with Gasteiger partial charge in [-0.05, 0) is 39.3 Å². The molecule has 4 heteroatoms. The molecule has 1 aromatic carbocycles. The first-order valence-electron chi connectivity index (χ1n) is 6.94. The Bertz CT molecular complexity index is 658. The normalized spacial score (nSPS) is 18.6. The Morgan fingerprint density at radius 3 is 2.75 bits per heavy atom. The molecule has 2 aromatic rings. The Balaban J connectivity index is 2.23. The highest BCUT2D eigenvalue weighted by atomic mass is 32.1. The first kappa shape index (κ1) is 13.6. The molecule has 1 aliphatic rings. The van der Waals surface area contributed by atoms with Crippen LogP contribution in [0.2, 0.25) is 0 Å². The van der Waals surface area contributed by atoms with Gasteiger partial charge in [0.05, 0.1) is 16.1 Å². The van der Waals surface area contributed by atoms with Crippen LogP contribution in [0.25, 0.3) is 11.3 Å². The van der Waals surface area contributed by atoms with Crippen molar-refractivity contribution in [1.29, 1.82) is 0 Å². The molecule has 0 saturated heterocycles. The van der Waals surface area contributed by atoms with Crippen LogP contribution in [0.1, 0.15) is 44.0 Å². The zero-order chi connectivity index (χ0) is 14.5. The number of hydrogen-bond acceptors (Lipinski definition) is 4. The molecule has 0 bridgehead atoms. The summed E-state index contributed by atoms with van der Waals surface area (Å²) in [6, 6.07) is 8.07. The number of benzene rings is 1. The van der Waals surface area contributed by atoms with Crippen LogP contribution in [0.5, 0.6) is 5.75 Å². The van der Waals surface area contributed by atoms with Crippen molar-refractivity contribution in [3.8, 4) is 17.0 Å². The van der Waals surface area contributed by atoms with Crippen LogP contribution in [0.3, 0.4) is 0 Å². The molecule has 0 fully saturated rings. The van der Waals surface area contributed by atoms with Gasteiger partial charge in [-0.1, -0.05) is 19.1 Å². The molecular weight excluding hydrogens is 268 g/mol. The Morgan fingerprint density at radius 1 is 1.35 bits per heavy atom. The summed E-state index contributed by atoms with van der Waals surface area (Å²) in [6.07, 6.45) is 0.863. The highest BCUT2D eigenvalue weighted by Crippen LogP contribution is 2.48. The van der Waals surface area contributed by atoms with Gasteiger partial charge in [-0.15, -0.1) is 11.3 Å². The molecule has 3 rings (SSSR count). The van der Waals surface area contributed by atoms with E-state index < -0.39 is 0 Å². The number of thiazole rings is 1. The van der Waals surface area contributed by atoms with Gasteiger partial charge in [0.25, 0.3) is 0 Å². The number of para-hydroxylation sites is 1. The van der Waals surface area contributed by atoms with Gasteiger partial charge in [-0.25, -0.2) is 4.98 Å². The summed E-state index contributed by atoms with van der Waals surface area (Å²) in [4.78, 5) is 6.01. The largest absolute Gasteiger partial charge is 0.482 e. The number of nitrogens with zero attached hydrogens (tertiary/aromatic N) is 1. The van der Waals surface area contributed by atoms with Crippen molar-refractivity contribution in [2.24, 2.45) is 5.73 Å². The molecule has 106 valence electrons. The van der Waals surface area contributed by atoms with Gasteiger partial charge < -0.3 is 10.5 Å². The number of rotatable bonds is 2. The molecule has 2 N–H and O–H groups in total. The summed E-state index contributed by atoms with van der Waals surface area (Å²) in [6.45, 7) is 8.31. The van der Waals surface area contributed by atoms with Crippen LogP contribution in [-0.4, -0.2) is 4.98 Å². The Hall–Kier alpha value is -1.39. The average Bonchev–Trinajstić information content (AvgIpc) is 2.85. The van der Waals surface area contributed by atoms with Crippen molar-refractivity contribution in [3.05, 3.63) is 34.2 Å². The minimum atomic E-state index is -0.382. The van der Waals surface area contributed by atoms with Crippen LogP contribution in [0.4, 0.5) is 0 Å². The maximum Gasteiger partial charge on any atom is 0.140 e. The lowest BCUT2D eigenvalue weighted by Crippen LogP contribution is -2.31. The number of aromatic nitrogens is 1. The molecule has 1 atom stereocenters. The number of hydrogen-bond donors (Lipinski definition) is 1. The van der Waals surface area contributed by atoms with E-state index in [1.807, 2.05) is 25.1 Å². The Kier molecular flexibility index (Phi) is 2.92. The van der Waals surface area contributed by atoms with E-state index in [1.54, 1.807) is 11.3 Å². The molecule has 1 aromatic heterocycles. The monoisotopic (exact) mass is 288 g/mol. The quantitative estimate of drug-likeness (QED) is 0.908. The smallest absolute Gasteiger partial charge is 0.140 e.